The zero-order chi connectivity index (χ0) is 8.97. The van der Waals surface area contributed by atoms with Gasteiger partial charge in [-0.3, -0.25) is 0 Å². The standard InChI is InChI=1S/C10H15NO/c1-8-3-5-10(6-4-8)7-9(2)11-12/h3-6,9,11-12H,7H2,1-2H3/t9-/m1/s1. The van der Waals surface area contributed by atoms with Crippen molar-refractivity contribution in [2.24, 2.45) is 0 Å². The molecule has 0 bridgehead atoms. The van der Waals surface area contributed by atoms with Gasteiger partial charge in [0.15, 0.2) is 0 Å². The summed E-state index contributed by atoms with van der Waals surface area (Å²) in [5, 5.41) is 8.60. The van der Waals surface area contributed by atoms with Crippen LogP contribution in [0.5, 0.6) is 0 Å². The summed E-state index contributed by atoms with van der Waals surface area (Å²) in [6, 6.07) is 8.46. The van der Waals surface area contributed by atoms with Crippen LogP contribution in [-0.4, -0.2) is 11.2 Å². The highest BCUT2D eigenvalue weighted by Gasteiger charge is 1.99. The molecule has 0 amide bonds. The maximum atomic E-state index is 8.60. The van der Waals surface area contributed by atoms with E-state index in [1.807, 2.05) is 6.92 Å². The van der Waals surface area contributed by atoms with E-state index in [2.05, 4.69) is 36.7 Å². The number of nitrogens with one attached hydrogen (secondary N) is 1. The van der Waals surface area contributed by atoms with Crippen LogP contribution in [0.3, 0.4) is 0 Å². The van der Waals surface area contributed by atoms with E-state index < -0.39 is 0 Å². The molecule has 1 aromatic rings. The van der Waals surface area contributed by atoms with Gasteiger partial charge in [-0.2, -0.15) is 0 Å². The third-order valence-electron chi connectivity index (χ3n) is 1.88. The summed E-state index contributed by atoms with van der Waals surface area (Å²) >= 11 is 0. The van der Waals surface area contributed by atoms with Crippen molar-refractivity contribution < 1.29 is 5.21 Å². The van der Waals surface area contributed by atoms with Gasteiger partial charge in [-0.1, -0.05) is 29.8 Å². The van der Waals surface area contributed by atoms with Crippen molar-refractivity contribution in [1.82, 2.24) is 5.48 Å². The molecule has 2 heteroatoms. The molecule has 0 aliphatic carbocycles. The monoisotopic (exact) mass is 165 g/mol. The van der Waals surface area contributed by atoms with Gasteiger partial charge in [0.05, 0.1) is 0 Å². The summed E-state index contributed by atoms with van der Waals surface area (Å²) in [5.74, 6) is 0. The topological polar surface area (TPSA) is 32.3 Å². The van der Waals surface area contributed by atoms with Gasteiger partial charge in [0, 0.05) is 6.04 Å². The van der Waals surface area contributed by atoms with E-state index in [9.17, 15) is 0 Å². The zero-order valence-electron chi connectivity index (χ0n) is 7.54. The fourth-order valence-corrected chi connectivity index (χ4v) is 1.12. The van der Waals surface area contributed by atoms with E-state index in [0.717, 1.165) is 6.42 Å². The number of benzene rings is 1. The molecule has 12 heavy (non-hydrogen) atoms. The second kappa shape index (κ2) is 4.24. The smallest absolute Gasteiger partial charge is 0.0331 e. The maximum Gasteiger partial charge on any atom is 0.0331 e. The van der Waals surface area contributed by atoms with Crippen molar-refractivity contribution in [2.75, 3.05) is 0 Å². The minimum Gasteiger partial charge on any atom is -0.317 e. The van der Waals surface area contributed by atoms with Crippen molar-refractivity contribution in [2.45, 2.75) is 26.3 Å². The van der Waals surface area contributed by atoms with Gasteiger partial charge in [0.2, 0.25) is 0 Å². The quantitative estimate of drug-likeness (QED) is 0.670. The molecule has 0 saturated heterocycles. The Morgan fingerprint density at radius 3 is 2.42 bits per heavy atom. The Hall–Kier alpha value is -0.860. The van der Waals surface area contributed by atoms with Crippen LogP contribution in [0.1, 0.15) is 18.1 Å². The lowest BCUT2D eigenvalue weighted by Gasteiger charge is -2.08. The Labute approximate surface area is 73.2 Å². The van der Waals surface area contributed by atoms with Gasteiger partial charge >= 0.3 is 0 Å². The molecular formula is C10H15NO. The van der Waals surface area contributed by atoms with Crippen molar-refractivity contribution in [1.29, 1.82) is 0 Å². The van der Waals surface area contributed by atoms with Gasteiger partial charge in [-0.15, -0.1) is 0 Å². The van der Waals surface area contributed by atoms with Crippen LogP contribution in [-0.2, 0) is 6.42 Å². The molecule has 0 heterocycles. The number of hydrogen-bond acceptors (Lipinski definition) is 2. The fraction of sp³-hybridized carbons (Fsp3) is 0.400. The Bertz CT molecular complexity index is 230. The van der Waals surface area contributed by atoms with Crippen LogP contribution >= 0.6 is 0 Å². The van der Waals surface area contributed by atoms with Crippen molar-refractivity contribution in [3.8, 4) is 0 Å². The van der Waals surface area contributed by atoms with E-state index >= 15 is 0 Å². The Kier molecular flexibility index (Phi) is 3.26. The Morgan fingerprint density at radius 1 is 1.33 bits per heavy atom. The SMILES string of the molecule is Cc1ccc(C[C@@H](C)NO)cc1. The first-order chi connectivity index (χ1) is 5.72. The van der Waals surface area contributed by atoms with Gasteiger partial charge in [0.25, 0.3) is 0 Å². The van der Waals surface area contributed by atoms with Crippen LogP contribution in [0.2, 0.25) is 0 Å². The average Bonchev–Trinajstić information content (AvgIpc) is 2.09. The molecule has 0 saturated carbocycles. The Morgan fingerprint density at radius 2 is 1.92 bits per heavy atom. The van der Waals surface area contributed by atoms with Gasteiger partial charge < -0.3 is 5.21 Å². The highest BCUT2D eigenvalue weighted by Crippen LogP contribution is 2.05. The molecule has 1 aromatic carbocycles. The van der Waals surface area contributed by atoms with E-state index in [-0.39, 0.29) is 6.04 Å². The summed E-state index contributed by atoms with van der Waals surface area (Å²) in [6.45, 7) is 4.01. The van der Waals surface area contributed by atoms with Gasteiger partial charge in [0.1, 0.15) is 0 Å². The molecular weight excluding hydrogens is 150 g/mol. The normalized spacial score (nSPS) is 12.9. The minimum atomic E-state index is 0.118. The molecule has 66 valence electrons. The first kappa shape index (κ1) is 9.23. The highest BCUT2D eigenvalue weighted by atomic mass is 16.5. The predicted octanol–water partition coefficient (Wildman–Crippen LogP) is 1.90. The summed E-state index contributed by atoms with van der Waals surface area (Å²) in [7, 11) is 0. The molecule has 2 N–H and O–H groups in total. The molecule has 0 aliphatic rings. The fourth-order valence-electron chi connectivity index (χ4n) is 1.12. The average molecular weight is 165 g/mol. The Balaban J connectivity index is 2.58. The van der Waals surface area contributed by atoms with E-state index in [0.29, 0.717) is 0 Å². The van der Waals surface area contributed by atoms with Crippen LogP contribution in [0.25, 0.3) is 0 Å². The van der Waals surface area contributed by atoms with E-state index in [4.69, 9.17) is 5.21 Å². The largest absolute Gasteiger partial charge is 0.317 e. The molecule has 1 rings (SSSR count). The zero-order valence-corrected chi connectivity index (χ0v) is 7.54. The predicted molar refractivity (Wildman–Crippen MR) is 49.3 cm³/mol. The number of aryl methyl sites for hydroxylation is 1. The van der Waals surface area contributed by atoms with Crippen molar-refractivity contribution in [3.63, 3.8) is 0 Å². The number of rotatable bonds is 3. The molecule has 0 spiro atoms. The summed E-state index contributed by atoms with van der Waals surface area (Å²) in [4.78, 5) is 0. The van der Waals surface area contributed by atoms with Crippen LogP contribution in [0.15, 0.2) is 24.3 Å². The summed E-state index contributed by atoms with van der Waals surface area (Å²) < 4.78 is 0. The lowest BCUT2D eigenvalue weighted by molar-refractivity contribution is 0.133. The van der Waals surface area contributed by atoms with Gasteiger partial charge in [-0.05, 0) is 25.8 Å². The summed E-state index contributed by atoms with van der Waals surface area (Å²) in [5.41, 5.74) is 4.74. The van der Waals surface area contributed by atoms with Gasteiger partial charge in [-0.25, -0.2) is 5.48 Å². The van der Waals surface area contributed by atoms with Crippen molar-refractivity contribution >= 4 is 0 Å². The highest BCUT2D eigenvalue weighted by molar-refractivity contribution is 5.21. The first-order valence-corrected chi connectivity index (χ1v) is 4.17. The van der Waals surface area contributed by atoms with Crippen LogP contribution in [0, 0.1) is 6.92 Å². The minimum absolute atomic E-state index is 0.118. The van der Waals surface area contributed by atoms with E-state index in [1.54, 1.807) is 0 Å². The second-order valence-corrected chi connectivity index (χ2v) is 3.22. The van der Waals surface area contributed by atoms with Crippen molar-refractivity contribution in [3.05, 3.63) is 35.4 Å². The summed E-state index contributed by atoms with van der Waals surface area (Å²) in [6.07, 6.45) is 0.858. The lowest BCUT2D eigenvalue weighted by Crippen LogP contribution is -2.24. The van der Waals surface area contributed by atoms with Crippen LogP contribution < -0.4 is 5.48 Å². The first-order valence-electron chi connectivity index (χ1n) is 4.17. The number of hydrogen-bond donors (Lipinski definition) is 2. The molecule has 0 fully saturated rings. The van der Waals surface area contributed by atoms with Crippen LogP contribution in [0.4, 0.5) is 0 Å². The van der Waals surface area contributed by atoms with E-state index in [1.165, 1.54) is 11.1 Å². The second-order valence-electron chi connectivity index (χ2n) is 3.22. The number of hydroxylamine groups is 1. The maximum absolute atomic E-state index is 8.60. The third-order valence-corrected chi connectivity index (χ3v) is 1.88. The third kappa shape index (κ3) is 2.64. The molecule has 0 aromatic heterocycles. The molecule has 2 nitrogen and oxygen atoms in total. The molecule has 1 atom stereocenters. The molecule has 0 aliphatic heterocycles. The lowest BCUT2D eigenvalue weighted by atomic mass is 10.1. The molecule has 0 unspecified atom stereocenters. The molecule has 0 radical (unpaired) electrons.